The smallest absolute Gasteiger partial charge is 0.172 e. The number of hydrogen-bond donors (Lipinski definition) is 0. The first kappa shape index (κ1) is 21.1. The van der Waals surface area contributed by atoms with Crippen molar-refractivity contribution in [3.63, 3.8) is 0 Å². The molecule has 0 amide bonds. The van der Waals surface area contributed by atoms with Gasteiger partial charge in [-0.25, -0.2) is 8.78 Å². The van der Waals surface area contributed by atoms with Crippen LogP contribution < -0.4 is 0 Å². The van der Waals surface area contributed by atoms with Crippen molar-refractivity contribution in [2.45, 2.75) is 49.9 Å². The molecule has 0 spiro atoms. The molecule has 0 N–H and O–H groups in total. The van der Waals surface area contributed by atoms with E-state index in [1.165, 1.54) is 0 Å². The number of carbonyl (C=O) groups is 1. The summed E-state index contributed by atoms with van der Waals surface area (Å²) in [5, 5.41) is 0. The van der Waals surface area contributed by atoms with E-state index in [2.05, 4.69) is 0 Å². The van der Waals surface area contributed by atoms with Crippen molar-refractivity contribution < 1.29 is 13.6 Å². The van der Waals surface area contributed by atoms with Crippen molar-refractivity contribution in [2.75, 3.05) is 26.4 Å². The van der Waals surface area contributed by atoms with E-state index in [9.17, 15) is 13.6 Å². The van der Waals surface area contributed by atoms with Crippen LogP contribution in [0.1, 0.15) is 48.9 Å². The lowest BCUT2D eigenvalue weighted by molar-refractivity contribution is -0.131. The summed E-state index contributed by atoms with van der Waals surface area (Å²) < 4.78 is 28.5. The average Bonchev–Trinajstić information content (AvgIpc) is 3.47. The molecule has 4 atom stereocenters. The summed E-state index contributed by atoms with van der Waals surface area (Å²) in [6.45, 7) is -0.215. The molecule has 4 unspecified atom stereocenters. The van der Waals surface area contributed by atoms with Crippen LogP contribution in [0.3, 0.4) is 0 Å². The Labute approximate surface area is 177 Å². The van der Waals surface area contributed by atoms with E-state index in [0.717, 1.165) is 36.8 Å². The minimum Gasteiger partial charge on any atom is -0.296 e. The fourth-order valence-electron chi connectivity index (χ4n) is 5.27. The van der Waals surface area contributed by atoms with Gasteiger partial charge in [0.05, 0.1) is 12.1 Å². The number of nitrogens with zero attached hydrogens (tertiary/aromatic N) is 2. The van der Waals surface area contributed by atoms with Gasteiger partial charge >= 0.3 is 0 Å². The first-order chi connectivity index (χ1) is 14.7. The van der Waals surface area contributed by atoms with Gasteiger partial charge in [0.1, 0.15) is 13.3 Å². The van der Waals surface area contributed by atoms with Gasteiger partial charge in [-0.05, 0) is 49.9 Å². The summed E-state index contributed by atoms with van der Waals surface area (Å²) in [5.74, 6) is -0.314. The number of carbonyl (C=O) groups excluding carboxylic acids is 1. The lowest BCUT2D eigenvalue weighted by atomic mass is 9.98. The van der Waals surface area contributed by atoms with Crippen LogP contribution in [0.2, 0.25) is 0 Å². The molecule has 0 saturated carbocycles. The van der Waals surface area contributed by atoms with E-state index in [1.807, 2.05) is 70.5 Å². The number of halogens is 2. The molecule has 2 fully saturated rings. The van der Waals surface area contributed by atoms with E-state index in [-0.39, 0.29) is 17.9 Å². The molecule has 160 valence electrons. The van der Waals surface area contributed by atoms with Crippen molar-refractivity contribution in [1.82, 2.24) is 9.80 Å². The fraction of sp³-hybridized carbons (Fsp3) is 0.480. The summed E-state index contributed by atoms with van der Waals surface area (Å²) in [6.07, 6.45) is 3.62. The second-order valence-electron chi connectivity index (χ2n) is 8.36. The Kier molecular flexibility index (Phi) is 6.90. The van der Waals surface area contributed by atoms with Gasteiger partial charge in [0, 0.05) is 12.1 Å². The first-order valence-electron chi connectivity index (χ1n) is 11.0. The highest BCUT2D eigenvalue weighted by Crippen LogP contribution is 2.37. The summed E-state index contributed by atoms with van der Waals surface area (Å²) in [6, 6.07) is 18.1. The minimum absolute atomic E-state index is 0.0136. The molecule has 0 bridgehead atoms. The average molecular weight is 413 g/mol. The molecule has 0 aliphatic carbocycles. The minimum atomic E-state index is -0.893. The monoisotopic (exact) mass is 412 g/mol. The quantitative estimate of drug-likeness (QED) is 0.616. The van der Waals surface area contributed by atoms with Crippen LogP contribution in [0, 0.1) is 0 Å². The Hall–Kier alpha value is -2.11. The molecule has 4 rings (SSSR count). The zero-order chi connectivity index (χ0) is 20.9. The van der Waals surface area contributed by atoms with Crippen LogP contribution >= 0.6 is 0 Å². The SMILES string of the molecule is O=C(C(CF)N1CCCC1c1ccccc1)C(CF)N1CCCC1c1ccccc1. The third-order valence-corrected chi connectivity index (χ3v) is 6.71. The Morgan fingerprint density at radius 2 is 1.17 bits per heavy atom. The highest BCUT2D eigenvalue weighted by molar-refractivity contribution is 5.89. The lowest BCUT2D eigenvalue weighted by Gasteiger charge is -2.36. The van der Waals surface area contributed by atoms with E-state index < -0.39 is 25.4 Å². The predicted octanol–water partition coefficient (Wildman–Crippen LogP) is 4.91. The van der Waals surface area contributed by atoms with E-state index in [1.54, 1.807) is 0 Å². The maximum atomic E-state index is 14.2. The van der Waals surface area contributed by atoms with Gasteiger partial charge in [-0.1, -0.05) is 60.7 Å². The largest absolute Gasteiger partial charge is 0.296 e. The number of alkyl halides is 2. The zero-order valence-corrected chi connectivity index (χ0v) is 17.3. The van der Waals surface area contributed by atoms with Crippen molar-refractivity contribution in [1.29, 1.82) is 0 Å². The maximum Gasteiger partial charge on any atom is 0.172 e. The van der Waals surface area contributed by atoms with Crippen molar-refractivity contribution in [2.24, 2.45) is 0 Å². The van der Waals surface area contributed by atoms with Crippen molar-refractivity contribution >= 4 is 5.78 Å². The molecule has 0 aromatic heterocycles. The van der Waals surface area contributed by atoms with Crippen LogP contribution in [0.25, 0.3) is 0 Å². The Morgan fingerprint density at radius 3 is 1.53 bits per heavy atom. The van der Waals surface area contributed by atoms with Gasteiger partial charge < -0.3 is 0 Å². The van der Waals surface area contributed by atoms with Crippen molar-refractivity contribution in [3.05, 3.63) is 71.8 Å². The third kappa shape index (κ3) is 4.19. The van der Waals surface area contributed by atoms with Gasteiger partial charge in [-0.2, -0.15) is 0 Å². The van der Waals surface area contributed by atoms with Gasteiger partial charge in [-0.15, -0.1) is 0 Å². The zero-order valence-electron chi connectivity index (χ0n) is 17.3. The number of rotatable bonds is 8. The molecule has 2 aliphatic rings. The number of Topliss-reactive ketones (excluding diaryl/α,β-unsaturated/α-hetero) is 1. The number of likely N-dealkylation sites (tertiary alicyclic amines) is 2. The summed E-state index contributed by atoms with van der Waals surface area (Å²) in [7, 11) is 0. The first-order valence-corrected chi connectivity index (χ1v) is 11.0. The summed E-state index contributed by atoms with van der Waals surface area (Å²) >= 11 is 0. The Bertz CT molecular complexity index is 749. The highest BCUT2D eigenvalue weighted by Gasteiger charge is 2.42. The molecular formula is C25H30F2N2O. The van der Waals surface area contributed by atoms with Crippen LogP contribution in [-0.4, -0.2) is 54.1 Å². The number of benzene rings is 2. The van der Waals surface area contributed by atoms with Crippen LogP contribution in [0.4, 0.5) is 8.78 Å². The molecule has 2 aromatic carbocycles. The predicted molar refractivity (Wildman–Crippen MR) is 115 cm³/mol. The topological polar surface area (TPSA) is 23.6 Å². The van der Waals surface area contributed by atoms with E-state index >= 15 is 0 Å². The third-order valence-electron chi connectivity index (χ3n) is 6.71. The van der Waals surface area contributed by atoms with Gasteiger partial charge in [0.25, 0.3) is 0 Å². The van der Waals surface area contributed by atoms with Crippen LogP contribution in [0.5, 0.6) is 0 Å². The normalized spacial score (nSPS) is 24.7. The molecule has 30 heavy (non-hydrogen) atoms. The maximum absolute atomic E-state index is 14.2. The van der Waals surface area contributed by atoms with Crippen LogP contribution in [-0.2, 0) is 4.79 Å². The molecule has 3 nitrogen and oxygen atoms in total. The number of ketones is 1. The Morgan fingerprint density at radius 1 is 0.767 bits per heavy atom. The molecular weight excluding hydrogens is 382 g/mol. The highest BCUT2D eigenvalue weighted by atomic mass is 19.1. The van der Waals surface area contributed by atoms with Crippen LogP contribution in [0.15, 0.2) is 60.7 Å². The second-order valence-corrected chi connectivity index (χ2v) is 8.36. The second kappa shape index (κ2) is 9.80. The number of hydrogen-bond acceptors (Lipinski definition) is 3. The Balaban J connectivity index is 1.56. The van der Waals surface area contributed by atoms with Crippen molar-refractivity contribution in [3.8, 4) is 0 Å². The van der Waals surface area contributed by atoms with E-state index in [0.29, 0.717) is 13.1 Å². The molecule has 2 saturated heterocycles. The molecule has 2 heterocycles. The van der Waals surface area contributed by atoms with E-state index in [4.69, 9.17) is 0 Å². The van der Waals surface area contributed by atoms with Gasteiger partial charge in [0.2, 0.25) is 0 Å². The standard InChI is InChI=1S/C25H30F2N2O/c26-17-23(28-15-7-13-21(28)19-9-3-1-4-10-19)25(30)24(18-27)29-16-8-14-22(29)20-11-5-2-6-12-20/h1-6,9-12,21-24H,7-8,13-18H2. The van der Waals surface area contributed by atoms with Gasteiger partial charge in [0.15, 0.2) is 5.78 Å². The lowest BCUT2D eigenvalue weighted by Crippen LogP contribution is -2.53. The van der Waals surface area contributed by atoms with Gasteiger partial charge in [-0.3, -0.25) is 14.6 Å². The molecule has 2 aliphatic heterocycles. The molecule has 2 aromatic rings. The summed E-state index contributed by atoms with van der Waals surface area (Å²) in [4.78, 5) is 17.4. The molecule has 0 radical (unpaired) electrons. The molecule has 5 heteroatoms. The summed E-state index contributed by atoms with van der Waals surface area (Å²) in [5.41, 5.74) is 2.20. The fourth-order valence-corrected chi connectivity index (χ4v) is 5.27.